The number of rotatable bonds is 6. The lowest BCUT2D eigenvalue weighted by Gasteiger charge is -2.16. The fraction of sp³-hybridized carbons (Fsp3) is 0.571. The highest BCUT2D eigenvalue weighted by Gasteiger charge is 2.21. The lowest BCUT2D eigenvalue weighted by atomic mass is 10.1. The molecule has 0 aliphatic heterocycles. The van der Waals surface area contributed by atoms with Crippen LogP contribution in [0.1, 0.15) is 30.0 Å². The minimum absolute atomic E-state index is 0.380. The van der Waals surface area contributed by atoms with Crippen molar-refractivity contribution in [1.82, 2.24) is 5.32 Å². The van der Waals surface area contributed by atoms with Crippen LogP contribution in [0.2, 0.25) is 0 Å². The molecular weight excluding hydrogens is 228 g/mol. The van der Waals surface area contributed by atoms with Gasteiger partial charge in [-0.3, -0.25) is 0 Å². The normalized spacial score (nSPS) is 19.8. The van der Waals surface area contributed by atoms with Crippen LogP contribution in [-0.2, 0) is 11.2 Å². The first kappa shape index (κ1) is 13.3. The highest BCUT2D eigenvalue weighted by molar-refractivity contribution is 5.47. The van der Waals surface area contributed by atoms with E-state index in [-0.39, 0.29) is 6.10 Å². The Morgan fingerprint density at radius 2 is 2.39 bits per heavy atom. The maximum atomic E-state index is 9.57. The van der Waals surface area contributed by atoms with E-state index in [0.29, 0.717) is 19.1 Å². The van der Waals surface area contributed by atoms with Gasteiger partial charge < -0.3 is 20.9 Å². The number of benzene rings is 1. The van der Waals surface area contributed by atoms with Crippen LogP contribution >= 0.6 is 0 Å². The van der Waals surface area contributed by atoms with Crippen molar-refractivity contribution in [2.45, 2.75) is 31.4 Å². The Hall–Kier alpha value is -1.10. The number of anilines is 1. The number of fused-ring (bicyclic) bond motifs is 1. The second kappa shape index (κ2) is 6.18. The smallest absolute Gasteiger partial charge is 0.0785 e. The number of nitrogen functional groups attached to an aromatic ring is 1. The Morgan fingerprint density at radius 3 is 3.17 bits per heavy atom. The zero-order valence-electron chi connectivity index (χ0n) is 10.9. The molecule has 0 spiro atoms. The third-order valence-electron chi connectivity index (χ3n) is 3.47. The van der Waals surface area contributed by atoms with Gasteiger partial charge in [-0.05, 0) is 49.1 Å². The molecule has 0 amide bonds. The first-order valence-electron chi connectivity index (χ1n) is 6.49. The summed E-state index contributed by atoms with van der Waals surface area (Å²) < 4.78 is 4.90. The Balaban J connectivity index is 1.83. The van der Waals surface area contributed by atoms with Crippen molar-refractivity contribution < 1.29 is 9.84 Å². The van der Waals surface area contributed by atoms with Gasteiger partial charge in [-0.2, -0.15) is 0 Å². The molecule has 0 fully saturated rings. The molecule has 1 aliphatic rings. The molecule has 2 rings (SSSR count). The van der Waals surface area contributed by atoms with Crippen molar-refractivity contribution in [3.05, 3.63) is 29.3 Å². The Kier molecular flexibility index (Phi) is 4.58. The monoisotopic (exact) mass is 250 g/mol. The molecule has 4 nitrogen and oxygen atoms in total. The number of methoxy groups -OCH3 is 1. The Labute approximate surface area is 108 Å². The molecule has 0 bridgehead atoms. The molecule has 4 heteroatoms. The Morgan fingerprint density at radius 1 is 1.56 bits per heavy atom. The van der Waals surface area contributed by atoms with E-state index in [1.165, 1.54) is 11.1 Å². The predicted octanol–water partition coefficient (Wildman–Crippen LogP) is 1.24. The molecule has 0 radical (unpaired) electrons. The number of ether oxygens (including phenoxy) is 1. The van der Waals surface area contributed by atoms with Gasteiger partial charge in [0.15, 0.2) is 0 Å². The van der Waals surface area contributed by atoms with Gasteiger partial charge in [0, 0.05) is 18.8 Å². The predicted molar refractivity (Wildman–Crippen MR) is 72.4 cm³/mol. The summed E-state index contributed by atoms with van der Waals surface area (Å²) in [6.07, 6.45) is 2.53. The highest BCUT2D eigenvalue weighted by atomic mass is 16.5. The molecule has 2 atom stereocenters. The lowest BCUT2D eigenvalue weighted by molar-refractivity contribution is 0.0590. The summed E-state index contributed by atoms with van der Waals surface area (Å²) >= 11 is 0. The van der Waals surface area contributed by atoms with E-state index in [4.69, 9.17) is 10.5 Å². The van der Waals surface area contributed by atoms with E-state index < -0.39 is 0 Å². The first-order chi connectivity index (χ1) is 8.70. The van der Waals surface area contributed by atoms with Crippen molar-refractivity contribution >= 4 is 5.69 Å². The van der Waals surface area contributed by atoms with Crippen LogP contribution in [0.15, 0.2) is 18.2 Å². The number of hydrogen-bond donors (Lipinski definition) is 3. The van der Waals surface area contributed by atoms with Gasteiger partial charge in [0.05, 0.1) is 12.7 Å². The van der Waals surface area contributed by atoms with Crippen LogP contribution in [0.4, 0.5) is 5.69 Å². The molecule has 1 aromatic carbocycles. The minimum atomic E-state index is -0.380. The molecule has 0 heterocycles. The van der Waals surface area contributed by atoms with Crippen LogP contribution in [0.3, 0.4) is 0 Å². The third kappa shape index (κ3) is 3.22. The van der Waals surface area contributed by atoms with E-state index in [1.54, 1.807) is 7.11 Å². The number of aliphatic hydroxyl groups is 1. The Bertz CT molecular complexity index is 395. The van der Waals surface area contributed by atoms with E-state index in [0.717, 1.165) is 25.1 Å². The summed E-state index contributed by atoms with van der Waals surface area (Å²) in [5.41, 5.74) is 9.32. The van der Waals surface area contributed by atoms with Crippen molar-refractivity contribution in [2.24, 2.45) is 0 Å². The van der Waals surface area contributed by atoms with Gasteiger partial charge in [0.2, 0.25) is 0 Å². The van der Waals surface area contributed by atoms with Crippen LogP contribution in [-0.4, -0.2) is 31.5 Å². The summed E-state index contributed by atoms with van der Waals surface area (Å²) in [6.45, 7) is 1.21. The second-order valence-electron chi connectivity index (χ2n) is 4.90. The SMILES string of the molecule is COCC(O)CCNC1CCc2cc(N)ccc21. The zero-order valence-corrected chi connectivity index (χ0v) is 10.9. The van der Waals surface area contributed by atoms with Gasteiger partial charge in [-0.25, -0.2) is 0 Å². The molecule has 4 N–H and O–H groups in total. The van der Waals surface area contributed by atoms with Gasteiger partial charge in [0.25, 0.3) is 0 Å². The molecule has 1 aromatic rings. The van der Waals surface area contributed by atoms with Crippen molar-refractivity contribution in [3.8, 4) is 0 Å². The third-order valence-corrected chi connectivity index (χ3v) is 3.47. The fourth-order valence-electron chi connectivity index (χ4n) is 2.55. The van der Waals surface area contributed by atoms with Crippen LogP contribution < -0.4 is 11.1 Å². The largest absolute Gasteiger partial charge is 0.399 e. The second-order valence-corrected chi connectivity index (χ2v) is 4.90. The summed E-state index contributed by atoms with van der Waals surface area (Å²) in [4.78, 5) is 0. The summed E-state index contributed by atoms with van der Waals surface area (Å²) in [5.74, 6) is 0. The minimum Gasteiger partial charge on any atom is -0.399 e. The summed E-state index contributed by atoms with van der Waals surface area (Å²) in [7, 11) is 1.61. The molecule has 100 valence electrons. The lowest BCUT2D eigenvalue weighted by Crippen LogP contribution is -2.25. The molecule has 0 saturated heterocycles. The van der Waals surface area contributed by atoms with Crippen LogP contribution in [0.25, 0.3) is 0 Å². The van der Waals surface area contributed by atoms with Crippen LogP contribution in [0.5, 0.6) is 0 Å². The fourth-order valence-corrected chi connectivity index (χ4v) is 2.55. The van der Waals surface area contributed by atoms with Crippen LogP contribution in [0, 0.1) is 0 Å². The van der Waals surface area contributed by atoms with Gasteiger partial charge in [-0.15, -0.1) is 0 Å². The van der Waals surface area contributed by atoms with Gasteiger partial charge >= 0.3 is 0 Å². The maximum Gasteiger partial charge on any atom is 0.0785 e. The number of nitrogens with one attached hydrogen (secondary N) is 1. The average molecular weight is 250 g/mol. The number of nitrogens with two attached hydrogens (primary N) is 1. The topological polar surface area (TPSA) is 67.5 Å². The van der Waals surface area contributed by atoms with Crippen molar-refractivity contribution in [2.75, 3.05) is 26.0 Å². The van der Waals surface area contributed by atoms with E-state index in [1.807, 2.05) is 6.07 Å². The summed E-state index contributed by atoms with van der Waals surface area (Å²) in [5, 5.41) is 13.1. The number of hydrogen-bond acceptors (Lipinski definition) is 4. The molecule has 1 aliphatic carbocycles. The van der Waals surface area contributed by atoms with Gasteiger partial charge in [0.1, 0.15) is 0 Å². The first-order valence-corrected chi connectivity index (χ1v) is 6.49. The molecular formula is C14H22N2O2. The molecule has 18 heavy (non-hydrogen) atoms. The average Bonchev–Trinajstić information content (AvgIpc) is 2.72. The maximum absolute atomic E-state index is 9.57. The number of aliphatic hydroxyl groups excluding tert-OH is 1. The number of aryl methyl sites for hydroxylation is 1. The van der Waals surface area contributed by atoms with E-state index >= 15 is 0 Å². The van der Waals surface area contributed by atoms with Gasteiger partial charge in [-0.1, -0.05) is 6.07 Å². The highest BCUT2D eigenvalue weighted by Crippen LogP contribution is 2.32. The van der Waals surface area contributed by atoms with Crippen molar-refractivity contribution in [1.29, 1.82) is 0 Å². The van der Waals surface area contributed by atoms with E-state index in [9.17, 15) is 5.11 Å². The molecule has 2 unspecified atom stereocenters. The van der Waals surface area contributed by atoms with E-state index in [2.05, 4.69) is 17.4 Å². The molecule has 0 saturated carbocycles. The standard InChI is InChI=1S/C14H22N2O2/c1-18-9-12(17)6-7-16-14-5-2-10-8-11(15)3-4-13(10)14/h3-4,8,12,14,16-17H,2,5-7,9,15H2,1H3. The molecule has 0 aromatic heterocycles. The quantitative estimate of drug-likeness (QED) is 0.665. The summed E-state index contributed by atoms with van der Waals surface area (Å²) in [6, 6.07) is 6.53. The van der Waals surface area contributed by atoms with Crippen molar-refractivity contribution in [3.63, 3.8) is 0 Å². The zero-order chi connectivity index (χ0) is 13.0.